The molecule has 1 aliphatic rings. The normalized spacial score (nSPS) is 16.5. The fraction of sp³-hybridized carbons (Fsp3) is 0.304. The van der Waals surface area contributed by atoms with Gasteiger partial charge < -0.3 is 5.73 Å². The Morgan fingerprint density at radius 2 is 2.00 bits per heavy atom. The number of halogens is 1. The molecule has 4 aromatic rings. The summed E-state index contributed by atoms with van der Waals surface area (Å²) in [7, 11) is 0. The molecule has 0 saturated carbocycles. The van der Waals surface area contributed by atoms with Crippen molar-refractivity contribution in [1.29, 1.82) is 5.26 Å². The van der Waals surface area contributed by atoms with Gasteiger partial charge in [-0.2, -0.15) is 10.4 Å². The summed E-state index contributed by atoms with van der Waals surface area (Å²) in [5.41, 5.74) is 10.8. The second-order valence-corrected chi connectivity index (χ2v) is 8.84. The van der Waals surface area contributed by atoms with Gasteiger partial charge in [0.15, 0.2) is 0 Å². The van der Waals surface area contributed by atoms with E-state index in [1.165, 1.54) is 0 Å². The zero-order valence-electron chi connectivity index (χ0n) is 18.5. The van der Waals surface area contributed by atoms with Crippen LogP contribution in [-0.2, 0) is 12.1 Å². The predicted octanol–water partition coefficient (Wildman–Crippen LogP) is 3.56. The summed E-state index contributed by atoms with van der Waals surface area (Å²) in [6.45, 7) is 6.18. The molecule has 0 spiro atoms. The molecule has 33 heavy (non-hydrogen) atoms. The quantitative estimate of drug-likeness (QED) is 0.511. The minimum Gasteiger partial charge on any atom is -0.368 e. The van der Waals surface area contributed by atoms with E-state index in [9.17, 15) is 9.65 Å². The predicted molar refractivity (Wildman–Crippen MR) is 119 cm³/mol. The van der Waals surface area contributed by atoms with Gasteiger partial charge in [0.25, 0.3) is 0 Å². The molecule has 9 nitrogen and oxygen atoms in total. The van der Waals surface area contributed by atoms with Crippen LogP contribution in [0.2, 0.25) is 0 Å². The number of benzene rings is 1. The largest absolute Gasteiger partial charge is 0.368 e. The van der Waals surface area contributed by atoms with Crippen LogP contribution < -0.4 is 5.73 Å². The lowest BCUT2D eigenvalue weighted by atomic mass is 10.00. The van der Waals surface area contributed by atoms with E-state index in [1.807, 2.05) is 26.8 Å². The highest BCUT2D eigenvalue weighted by Gasteiger charge is 2.38. The Hall–Kier alpha value is -4.13. The Bertz CT molecular complexity index is 1410. The molecule has 0 saturated heterocycles. The summed E-state index contributed by atoms with van der Waals surface area (Å²) < 4.78 is 17.7. The Morgan fingerprint density at radius 1 is 1.21 bits per heavy atom. The summed E-state index contributed by atoms with van der Waals surface area (Å²) >= 11 is 0. The topological polar surface area (TPSA) is 124 Å². The van der Waals surface area contributed by atoms with Crippen molar-refractivity contribution in [3.63, 3.8) is 0 Å². The summed E-state index contributed by atoms with van der Waals surface area (Å²) in [6.07, 6.45) is 1.15. The van der Waals surface area contributed by atoms with Crippen LogP contribution in [-0.4, -0.2) is 34.7 Å². The molecule has 10 heteroatoms. The number of nitrogens with two attached hydrogens (primary N) is 1. The van der Waals surface area contributed by atoms with Gasteiger partial charge in [-0.15, -0.1) is 5.10 Å². The van der Waals surface area contributed by atoms with Crippen LogP contribution in [0.15, 0.2) is 36.5 Å². The van der Waals surface area contributed by atoms with Crippen molar-refractivity contribution in [1.82, 2.24) is 34.7 Å². The first-order valence-corrected chi connectivity index (χ1v) is 10.5. The zero-order valence-corrected chi connectivity index (χ0v) is 18.5. The number of rotatable bonds is 4. The molecular weight excluding hydrogens is 421 g/mol. The summed E-state index contributed by atoms with van der Waals surface area (Å²) in [5.74, 6) is 0.0977. The zero-order chi connectivity index (χ0) is 23.3. The molecule has 3 aromatic heterocycles. The maximum atomic E-state index is 14.3. The number of fused-ring (bicyclic) bond motifs is 1. The van der Waals surface area contributed by atoms with Crippen molar-refractivity contribution < 1.29 is 4.39 Å². The van der Waals surface area contributed by atoms with Gasteiger partial charge in [0, 0.05) is 12.0 Å². The number of nitrogens with zero attached hydrogens (tertiary/aromatic N) is 8. The van der Waals surface area contributed by atoms with Gasteiger partial charge in [-0.3, -0.25) is 4.68 Å². The molecule has 1 aliphatic heterocycles. The molecule has 1 unspecified atom stereocenters. The van der Waals surface area contributed by atoms with Gasteiger partial charge >= 0.3 is 0 Å². The highest BCUT2D eigenvalue weighted by Crippen LogP contribution is 2.40. The van der Waals surface area contributed by atoms with Gasteiger partial charge in [0.05, 0.1) is 52.7 Å². The van der Waals surface area contributed by atoms with Crippen LogP contribution in [0.1, 0.15) is 49.0 Å². The minimum absolute atomic E-state index is 0.0977. The molecule has 0 bridgehead atoms. The van der Waals surface area contributed by atoms with Gasteiger partial charge in [-0.05, 0) is 44.5 Å². The highest BCUT2D eigenvalue weighted by molar-refractivity contribution is 5.71. The van der Waals surface area contributed by atoms with Crippen molar-refractivity contribution in [3.05, 3.63) is 59.0 Å². The van der Waals surface area contributed by atoms with Crippen molar-refractivity contribution >= 4 is 5.95 Å². The first-order valence-electron chi connectivity index (χ1n) is 10.5. The number of nitriles is 1. The van der Waals surface area contributed by atoms with Gasteiger partial charge in [0.1, 0.15) is 11.9 Å². The molecule has 0 amide bonds. The van der Waals surface area contributed by atoms with Crippen molar-refractivity contribution in [2.75, 3.05) is 5.73 Å². The maximum Gasteiger partial charge on any atom is 0.221 e. The third-order valence-electron chi connectivity index (χ3n) is 5.96. The average Bonchev–Trinajstić information content (AvgIpc) is 3.45. The van der Waals surface area contributed by atoms with E-state index in [0.717, 1.165) is 11.1 Å². The van der Waals surface area contributed by atoms with Gasteiger partial charge in [0.2, 0.25) is 5.95 Å². The van der Waals surface area contributed by atoms with E-state index in [4.69, 9.17) is 5.73 Å². The molecule has 5 rings (SSSR count). The lowest BCUT2D eigenvalue weighted by molar-refractivity contribution is 0.268. The van der Waals surface area contributed by atoms with Crippen LogP contribution in [0.25, 0.3) is 22.6 Å². The van der Waals surface area contributed by atoms with Crippen LogP contribution in [0, 0.1) is 18.3 Å². The van der Waals surface area contributed by atoms with Crippen LogP contribution >= 0.6 is 0 Å². The average molecular weight is 443 g/mol. The Labute approximate surface area is 189 Å². The van der Waals surface area contributed by atoms with Gasteiger partial charge in [-0.25, -0.2) is 19.0 Å². The van der Waals surface area contributed by atoms with Crippen LogP contribution in [0.5, 0.6) is 0 Å². The van der Waals surface area contributed by atoms with E-state index in [2.05, 4.69) is 31.4 Å². The first-order chi connectivity index (χ1) is 15.7. The van der Waals surface area contributed by atoms with E-state index in [-0.39, 0.29) is 11.5 Å². The fourth-order valence-corrected chi connectivity index (χ4v) is 4.29. The molecule has 4 heterocycles. The van der Waals surface area contributed by atoms with Crippen LogP contribution in [0.3, 0.4) is 0 Å². The van der Waals surface area contributed by atoms with Gasteiger partial charge in [-0.1, -0.05) is 17.3 Å². The smallest absolute Gasteiger partial charge is 0.221 e. The third kappa shape index (κ3) is 3.61. The van der Waals surface area contributed by atoms with E-state index < -0.39 is 6.17 Å². The van der Waals surface area contributed by atoms with Crippen LogP contribution in [0.4, 0.5) is 10.3 Å². The summed E-state index contributed by atoms with van der Waals surface area (Å²) in [6, 6.07) is 11.2. The molecule has 0 aliphatic carbocycles. The summed E-state index contributed by atoms with van der Waals surface area (Å²) in [4.78, 5) is 8.65. The lowest BCUT2D eigenvalue weighted by Crippen LogP contribution is -2.23. The molecule has 0 radical (unpaired) electrons. The monoisotopic (exact) mass is 443 g/mol. The minimum atomic E-state index is -1.02. The number of anilines is 1. The van der Waals surface area contributed by atoms with E-state index >= 15 is 0 Å². The van der Waals surface area contributed by atoms with Crippen molar-refractivity contribution in [2.45, 2.75) is 45.4 Å². The van der Waals surface area contributed by atoms with Crippen molar-refractivity contribution in [2.24, 2.45) is 0 Å². The van der Waals surface area contributed by atoms with E-state index in [1.54, 1.807) is 39.8 Å². The second-order valence-electron chi connectivity index (χ2n) is 8.84. The number of hydrogen-bond donors (Lipinski definition) is 1. The van der Waals surface area contributed by atoms with E-state index in [0.29, 0.717) is 47.0 Å². The number of alkyl halides is 1. The van der Waals surface area contributed by atoms with Crippen molar-refractivity contribution in [3.8, 4) is 28.7 Å². The Morgan fingerprint density at radius 3 is 2.76 bits per heavy atom. The molecule has 1 atom stereocenters. The third-order valence-corrected chi connectivity index (χ3v) is 5.96. The highest BCUT2D eigenvalue weighted by atomic mass is 19.1. The first kappa shape index (κ1) is 20.8. The molecule has 0 fully saturated rings. The lowest BCUT2D eigenvalue weighted by Gasteiger charge is -2.18. The standard InChI is InChI=1S/C23H22FN9/c1-13-14(10-25)5-4-6-16(13)18-8-19(28-22(26)27-18)20-12-32(31-29-20)11-15-7-21-17(24)9-23(2,3)33(21)30-15/h4-8,12,17H,9,11H2,1-3H3,(H2,26,27,28). The second kappa shape index (κ2) is 7.48. The Kier molecular flexibility index (Phi) is 4.70. The fourth-order valence-electron chi connectivity index (χ4n) is 4.29. The molecule has 1 aromatic carbocycles. The number of hydrogen-bond acceptors (Lipinski definition) is 7. The summed E-state index contributed by atoms with van der Waals surface area (Å²) in [5, 5.41) is 22.3. The number of aromatic nitrogens is 7. The SMILES string of the molecule is Cc1c(C#N)cccc1-c1cc(-c2cn(Cc3cc4n(n3)C(C)(C)CC4F)nn2)nc(N)n1. The molecule has 2 N–H and O–H groups in total. The molecular formula is C23H22FN9. The Balaban J connectivity index is 1.45. The number of nitrogen functional groups attached to an aromatic ring is 1. The maximum absolute atomic E-state index is 14.3. The molecule has 166 valence electrons.